The van der Waals surface area contributed by atoms with Gasteiger partial charge in [0.25, 0.3) is 0 Å². The van der Waals surface area contributed by atoms with Gasteiger partial charge in [-0.05, 0) is 24.3 Å². The predicted octanol–water partition coefficient (Wildman–Crippen LogP) is 2.54. The summed E-state index contributed by atoms with van der Waals surface area (Å²) in [5, 5.41) is 1.69. The maximum absolute atomic E-state index is 11.1. The van der Waals surface area contributed by atoms with Gasteiger partial charge in [-0.1, -0.05) is 11.6 Å². The Morgan fingerprint density at radius 1 is 1.47 bits per heavy atom. The molecular formula is C11H10ClNO2. The van der Waals surface area contributed by atoms with Crippen molar-refractivity contribution in [3.8, 4) is 0 Å². The summed E-state index contributed by atoms with van der Waals surface area (Å²) in [7, 11) is 1.38. The highest BCUT2D eigenvalue weighted by Gasteiger charge is 2.06. The van der Waals surface area contributed by atoms with Crippen LogP contribution in [0.4, 0.5) is 0 Å². The number of aromatic nitrogens is 1. The molecule has 0 saturated carbocycles. The average Bonchev–Trinajstić information content (AvgIpc) is 2.59. The van der Waals surface area contributed by atoms with Crippen molar-refractivity contribution in [2.75, 3.05) is 7.11 Å². The summed E-state index contributed by atoms with van der Waals surface area (Å²) in [4.78, 5) is 14.2. The van der Waals surface area contributed by atoms with Crippen molar-refractivity contribution in [3.63, 3.8) is 0 Å². The number of methoxy groups -OCH3 is 1. The summed E-state index contributed by atoms with van der Waals surface area (Å²) in [6.07, 6.45) is 0.253. The van der Waals surface area contributed by atoms with Crippen LogP contribution >= 0.6 is 11.6 Å². The zero-order valence-electron chi connectivity index (χ0n) is 8.21. The molecular weight excluding hydrogens is 214 g/mol. The van der Waals surface area contributed by atoms with Crippen molar-refractivity contribution >= 4 is 28.5 Å². The zero-order chi connectivity index (χ0) is 10.8. The molecule has 0 saturated heterocycles. The van der Waals surface area contributed by atoms with E-state index >= 15 is 0 Å². The largest absolute Gasteiger partial charge is 0.469 e. The van der Waals surface area contributed by atoms with Crippen molar-refractivity contribution < 1.29 is 9.53 Å². The minimum absolute atomic E-state index is 0.253. The lowest BCUT2D eigenvalue weighted by Crippen LogP contribution is -2.04. The van der Waals surface area contributed by atoms with Gasteiger partial charge in [0.15, 0.2) is 0 Å². The van der Waals surface area contributed by atoms with Crippen LogP contribution in [-0.4, -0.2) is 18.1 Å². The number of nitrogens with one attached hydrogen (secondary N) is 1. The highest BCUT2D eigenvalue weighted by atomic mass is 35.5. The minimum atomic E-state index is -0.257. The summed E-state index contributed by atoms with van der Waals surface area (Å²) in [5.41, 5.74) is 1.80. The number of hydrogen-bond acceptors (Lipinski definition) is 2. The molecule has 1 aromatic heterocycles. The summed E-state index contributed by atoms with van der Waals surface area (Å²) in [6.45, 7) is 0. The van der Waals surface area contributed by atoms with Gasteiger partial charge in [-0.3, -0.25) is 4.79 Å². The third-order valence-corrected chi connectivity index (χ3v) is 2.44. The molecule has 0 aliphatic rings. The lowest BCUT2D eigenvalue weighted by atomic mass is 10.2. The quantitative estimate of drug-likeness (QED) is 0.795. The highest BCUT2D eigenvalue weighted by Crippen LogP contribution is 2.20. The first-order valence-corrected chi connectivity index (χ1v) is 4.91. The molecule has 0 aliphatic carbocycles. The Morgan fingerprint density at radius 2 is 2.27 bits per heavy atom. The van der Waals surface area contributed by atoms with Gasteiger partial charge in [0.05, 0.1) is 13.5 Å². The van der Waals surface area contributed by atoms with Crippen molar-refractivity contribution in [1.29, 1.82) is 0 Å². The topological polar surface area (TPSA) is 42.1 Å². The molecule has 0 atom stereocenters. The van der Waals surface area contributed by atoms with Crippen molar-refractivity contribution in [2.45, 2.75) is 6.42 Å². The van der Waals surface area contributed by atoms with E-state index in [4.69, 9.17) is 11.6 Å². The van der Waals surface area contributed by atoms with Crippen LogP contribution in [0.3, 0.4) is 0 Å². The van der Waals surface area contributed by atoms with E-state index < -0.39 is 0 Å². The molecule has 3 nitrogen and oxygen atoms in total. The van der Waals surface area contributed by atoms with E-state index in [1.54, 1.807) is 0 Å². The molecule has 0 spiro atoms. The second-order valence-corrected chi connectivity index (χ2v) is 3.72. The Balaban J connectivity index is 2.34. The fourth-order valence-electron chi connectivity index (χ4n) is 1.49. The Kier molecular flexibility index (Phi) is 2.64. The average molecular weight is 224 g/mol. The summed E-state index contributed by atoms with van der Waals surface area (Å²) < 4.78 is 4.59. The fourth-order valence-corrected chi connectivity index (χ4v) is 1.67. The normalized spacial score (nSPS) is 10.5. The van der Waals surface area contributed by atoms with Crippen LogP contribution in [0.1, 0.15) is 5.69 Å². The van der Waals surface area contributed by atoms with Gasteiger partial charge in [0, 0.05) is 21.6 Å². The molecule has 4 heteroatoms. The van der Waals surface area contributed by atoms with Gasteiger partial charge in [0.1, 0.15) is 0 Å². The van der Waals surface area contributed by atoms with Crippen LogP contribution in [-0.2, 0) is 16.0 Å². The number of hydrogen-bond donors (Lipinski definition) is 1. The number of esters is 1. The number of rotatable bonds is 2. The SMILES string of the molecule is COC(=O)Cc1cc2cc(Cl)ccc2[nH]1. The Morgan fingerprint density at radius 3 is 3.00 bits per heavy atom. The van der Waals surface area contributed by atoms with E-state index in [2.05, 4.69) is 9.72 Å². The molecule has 0 amide bonds. The molecule has 0 bridgehead atoms. The number of carbonyl (C=O) groups excluding carboxylic acids is 1. The third kappa shape index (κ3) is 2.13. The second-order valence-electron chi connectivity index (χ2n) is 3.28. The standard InChI is InChI=1S/C11H10ClNO2/c1-15-11(14)6-9-5-7-4-8(12)2-3-10(7)13-9/h2-5,13H,6H2,1H3. The van der Waals surface area contributed by atoms with Crippen molar-refractivity contribution in [1.82, 2.24) is 4.98 Å². The number of carbonyl (C=O) groups is 1. The monoisotopic (exact) mass is 223 g/mol. The Labute approximate surface area is 92.0 Å². The second kappa shape index (κ2) is 3.95. The summed E-state index contributed by atoms with van der Waals surface area (Å²) in [6, 6.07) is 7.45. The summed E-state index contributed by atoms with van der Waals surface area (Å²) >= 11 is 5.86. The van der Waals surface area contributed by atoms with Crippen LogP contribution in [0, 0.1) is 0 Å². The van der Waals surface area contributed by atoms with Gasteiger partial charge < -0.3 is 9.72 Å². The maximum Gasteiger partial charge on any atom is 0.311 e. The van der Waals surface area contributed by atoms with Crippen LogP contribution < -0.4 is 0 Å². The number of H-pyrrole nitrogens is 1. The number of ether oxygens (including phenoxy) is 1. The third-order valence-electron chi connectivity index (χ3n) is 2.20. The number of halogens is 1. The molecule has 0 radical (unpaired) electrons. The predicted molar refractivity (Wildman–Crippen MR) is 59.0 cm³/mol. The molecule has 0 fully saturated rings. The number of fused-ring (bicyclic) bond motifs is 1. The van der Waals surface area contributed by atoms with E-state index in [9.17, 15) is 4.79 Å². The van der Waals surface area contributed by atoms with Gasteiger partial charge in [0.2, 0.25) is 0 Å². The lowest BCUT2D eigenvalue weighted by molar-refractivity contribution is -0.139. The van der Waals surface area contributed by atoms with Gasteiger partial charge in [-0.2, -0.15) is 0 Å². The molecule has 0 unspecified atom stereocenters. The van der Waals surface area contributed by atoms with Crippen LogP contribution in [0.25, 0.3) is 10.9 Å². The van der Waals surface area contributed by atoms with E-state index in [1.165, 1.54) is 7.11 Å². The van der Waals surface area contributed by atoms with Crippen molar-refractivity contribution in [3.05, 3.63) is 35.0 Å². The molecule has 0 aliphatic heterocycles. The molecule has 1 N–H and O–H groups in total. The van der Waals surface area contributed by atoms with E-state index in [0.29, 0.717) is 5.02 Å². The van der Waals surface area contributed by atoms with Crippen LogP contribution in [0.5, 0.6) is 0 Å². The first-order chi connectivity index (χ1) is 7.19. The Bertz CT molecular complexity index is 504. The van der Waals surface area contributed by atoms with Crippen molar-refractivity contribution in [2.24, 2.45) is 0 Å². The van der Waals surface area contributed by atoms with Gasteiger partial charge in [-0.25, -0.2) is 0 Å². The molecule has 15 heavy (non-hydrogen) atoms. The lowest BCUT2D eigenvalue weighted by Gasteiger charge is -1.94. The molecule has 1 heterocycles. The highest BCUT2D eigenvalue weighted by molar-refractivity contribution is 6.31. The summed E-state index contributed by atoms with van der Waals surface area (Å²) in [5.74, 6) is -0.257. The fraction of sp³-hybridized carbons (Fsp3) is 0.182. The Hall–Kier alpha value is -1.48. The maximum atomic E-state index is 11.1. The zero-order valence-corrected chi connectivity index (χ0v) is 8.97. The molecule has 2 rings (SSSR count). The van der Waals surface area contributed by atoms with Gasteiger partial charge >= 0.3 is 5.97 Å². The van der Waals surface area contributed by atoms with Gasteiger partial charge in [-0.15, -0.1) is 0 Å². The van der Waals surface area contributed by atoms with E-state index in [-0.39, 0.29) is 12.4 Å². The first kappa shape index (κ1) is 10.1. The first-order valence-electron chi connectivity index (χ1n) is 4.53. The number of benzene rings is 1. The molecule has 2 aromatic rings. The minimum Gasteiger partial charge on any atom is -0.469 e. The number of aromatic amines is 1. The van der Waals surface area contributed by atoms with E-state index in [1.807, 2.05) is 24.3 Å². The van der Waals surface area contributed by atoms with Crippen LogP contribution in [0.2, 0.25) is 5.02 Å². The van der Waals surface area contributed by atoms with E-state index in [0.717, 1.165) is 16.6 Å². The smallest absolute Gasteiger partial charge is 0.311 e. The molecule has 1 aromatic carbocycles. The van der Waals surface area contributed by atoms with Crippen LogP contribution in [0.15, 0.2) is 24.3 Å². The molecule has 78 valence electrons.